The Labute approximate surface area is 162 Å². The molecule has 0 atom stereocenters. The molecule has 0 aliphatic rings. The average molecular weight is 371 g/mol. The summed E-state index contributed by atoms with van der Waals surface area (Å²) in [5.74, 6) is -0.219. The van der Waals surface area contributed by atoms with Crippen LogP contribution in [0.15, 0.2) is 65.8 Å². The van der Waals surface area contributed by atoms with Crippen LogP contribution in [0.4, 0.5) is 0 Å². The highest BCUT2D eigenvalue weighted by atomic mass is 16.2. The van der Waals surface area contributed by atoms with Gasteiger partial charge in [0, 0.05) is 22.2 Å². The zero-order chi connectivity index (χ0) is 19.5. The van der Waals surface area contributed by atoms with E-state index in [0.717, 1.165) is 39.1 Å². The molecule has 0 bridgehead atoms. The minimum absolute atomic E-state index is 0.135. The van der Waals surface area contributed by atoms with Crippen molar-refractivity contribution in [3.05, 3.63) is 77.6 Å². The van der Waals surface area contributed by atoms with Gasteiger partial charge in [0.15, 0.2) is 0 Å². The SMILES string of the molecule is Cc1cc(C)n(CC(=O)N/N=C/c2c(-c3ccccc3)[nH]c3ccccc23)n1. The first kappa shape index (κ1) is 17.7. The second kappa shape index (κ2) is 7.52. The fourth-order valence-corrected chi connectivity index (χ4v) is 3.31. The van der Waals surface area contributed by atoms with Crippen LogP contribution >= 0.6 is 0 Å². The van der Waals surface area contributed by atoms with Gasteiger partial charge in [-0.05, 0) is 31.5 Å². The molecule has 6 nitrogen and oxygen atoms in total. The largest absolute Gasteiger partial charge is 0.354 e. The number of rotatable bonds is 5. The molecule has 0 spiro atoms. The number of carbonyl (C=O) groups is 1. The predicted molar refractivity (Wildman–Crippen MR) is 111 cm³/mol. The molecule has 0 radical (unpaired) electrons. The van der Waals surface area contributed by atoms with Crippen LogP contribution in [0.1, 0.15) is 17.0 Å². The molecule has 0 saturated carbocycles. The molecule has 2 N–H and O–H groups in total. The van der Waals surface area contributed by atoms with Gasteiger partial charge in [-0.25, -0.2) is 5.43 Å². The molecule has 4 rings (SSSR count). The lowest BCUT2D eigenvalue weighted by atomic mass is 10.1. The molecule has 2 aromatic heterocycles. The normalized spacial score (nSPS) is 11.4. The summed E-state index contributed by atoms with van der Waals surface area (Å²) in [6.07, 6.45) is 1.69. The molecule has 0 fully saturated rings. The van der Waals surface area contributed by atoms with Crippen molar-refractivity contribution in [2.45, 2.75) is 20.4 Å². The Morgan fingerprint density at radius 3 is 2.64 bits per heavy atom. The number of fused-ring (bicyclic) bond motifs is 1. The van der Waals surface area contributed by atoms with Crippen molar-refractivity contribution < 1.29 is 4.79 Å². The quantitative estimate of drug-likeness (QED) is 0.414. The Morgan fingerprint density at radius 2 is 1.89 bits per heavy atom. The van der Waals surface area contributed by atoms with Gasteiger partial charge in [0.05, 0.1) is 17.6 Å². The minimum atomic E-state index is -0.219. The summed E-state index contributed by atoms with van der Waals surface area (Å²) in [5, 5.41) is 9.55. The van der Waals surface area contributed by atoms with Crippen molar-refractivity contribution in [3.8, 4) is 11.3 Å². The van der Waals surface area contributed by atoms with Gasteiger partial charge < -0.3 is 4.98 Å². The van der Waals surface area contributed by atoms with E-state index in [-0.39, 0.29) is 12.5 Å². The summed E-state index contributed by atoms with van der Waals surface area (Å²) >= 11 is 0. The van der Waals surface area contributed by atoms with E-state index in [1.165, 1.54) is 0 Å². The topological polar surface area (TPSA) is 75.1 Å². The average Bonchev–Trinajstić information content (AvgIpc) is 3.22. The maximum atomic E-state index is 12.2. The Bertz CT molecular complexity index is 1150. The highest BCUT2D eigenvalue weighted by molar-refractivity contribution is 6.06. The smallest absolute Gasteiger partial charge is 0.261 e. The van der Waals surface area contributed by atoms with E-state index in [1.54, 1.807) is 10.9 Å². The van der Waals surface area contributed by atoms with Gasteiger partial charge in [0.25, 0.3) is 5.91 Å². The number of carbonyl (C=O) groups excluding carboxylic acids is 1. The van der Waals surface area contributed by atoms with Crippen LogP contribution in [-0.2, 0) is 11.3 Å². The minimum Gasteiger partial charge on any atom is -0.354 e. The van der Waals surface area contributed by atoms with Crippen LogP contribution in [0.5, 0.6) is 0 Å². The van der Waals surface area contributed by atoms with Crippen LogP contribution in [0.25, 0.3) is 22.2 Å². The number of aromatic amines is 1. The molecule has 0 aliphatic heterocycles. The number of hydrogen-bond acceptors (Lipinski definition) is 3. The van der Waals surface area contributed by atoms with Gasteiger partial charge in [-0.3, -0.25) is 9.48 Å². The van der Waals surface area contributed by atoms with Crippen molar-refractivity contribution in [3.63, 3.8) is 0 Å². The molecule has 28 heavy (non-hydrogen) atoms. The predicted octanol–water partition coefficient (Wildman–Crippen LogP) is 3.80. The van der Waals surface area contributed by atoms with Gasteiger partial charge in [-0.15, -0.1) is 0 Å². The van der Waals surface area contributed by atoms with Crippen LogP contribution in [-0.4, -0.2) is 26.9 Å². The monoisotopic (exact) mass is 371 g/mol. The molecular weight excluding hydrogens is 350 g/mol. The Balaban J connectivity index is 1.58. The maximum Gasteiger partial charge on any atom is 0.261 e. The zero-order valence-electron chi connectivity index (χ0n) is 15.8. The van der Waals surface area contributed by atoms with Crippen LogP contribution in [0.2, 0.25) is 0 Å². The summed E-state index contributed by atoms with van der Waals surface area (Å²) in [7, 11) is 0. The Hall–Kier alpha value is -3.67. The maximum absolute atomic E-state index is 12.2. The molecule has 140 valence electrons. The number of benzene rings is 2. The Morgan fingerprint density at radius 1 is 1.14 bits per heavy atom. The molecule has 0 saturated heterocycles. The van der Waals surface area contributed by atoms with Gasteiger partial charge in [-0.2, -0.15) is 10.2 Å². The van der Waals surface area contributed by atoms with Crippen LogP contribution < -0.4 is 5.43 Å². The third-order valence-corrected chi connectivity index (χ3v) is 4.59. The van der Waals surface area contributed by atoms with Crippen molar-refractivity contribution in [1.82, 2.24) is 20.2 Å². The van der Waals surface area contributed by atoms with E-state index in [2.05, 4.69) is 20.6 Å². The van der Waals surface area contributed by atoms with Gasteiger partial charge in [0.2, 0.25) is 0 Å². The van der Waals surface area contributed by atoms with Crippen molar-refractivity contribution in [2.24, 2.45) is 5.10 Å². The van der Waals surface area contributed by atoms with E-state index in [9.17, 15) is 4.79 Å². The number of H-pyrrole nitrogens is 1. The van der Waals surface area contributed by atoms with E-state index >= 15 is 0 Å². The number of aryl methyl sites for hydroxylation is 2. The van der Waals surface area contributed by atoms with E-state index in [1.807, 2.05) is 74.5 Å². The fourth-order valence-electron chi connectivity index (χ4n) is 3.31. The third-order valence-electron chi connectivity index (χ3n) is 4.59. The molecule has 0 aliphatic carbocycles. The molecular formula is C22H21N5O. The first-order valence-corrected chi connectivity index (χ1v) is 9.11. The van der Waals surface area contributed by atoms with Crippen LogP contribution in [0, 0.1) is 13.8 Å². The fraction of sp³-hybridized carbons (Fsp3) is 0.136. The summed E-state index contributed by atoms with van der Waals surface area (Å²) in [5.41, 5.74) is 8.44. The van der Waals surface area contributed by atoms with Crippen molar-refractivity contribution in [2.75, 3.05) is 0 Å². The van der Waals surface area contributed by atoms with Gasteiger partial charge in [-0.1, -0.05) is 48.5 Å². The standard InChI is InChI=1S/C22H21N5O/c1-15-12-16(2)27(26-15)14-21(28)25-23-13-19-18-10-6-7-11-20(18)24-22(19)17-8-4-3-5-9-17/h3-13,24H,14H2,1-2H3,(H,25,28)/b23-13+. The molecule has 2 heterocycles. The summed E-state index contributed by atoms with van der Waals surface area (Å²) in [6, 6.07) is 20.1. The van der Waals surface area contributed by atoms with Gasteiger partial charge in [0.1, 0.15) is 6.54 Å². The van der Waals surface area contributed by atoms with E-state index in [4.69, 9.17) is 0 Å². The first-order chi connectivity index (χ1) is 13.6. The molecule has 6 heteroatoms. The molecule has 4 aromatic rings. The lowest BCUT2D eigenvalue weighted by molar-refractivity contribution is -0.121. The zero-order valence-corrected chi connectivity index (χ0v) is 15.8. The third kappa shape index (κ3) is 3.57. The number of para-hydroxylation sites is 1. The molecule has 0 unspecified atom stereocenters. The number of aromatic nitrogens is 3. The van der Waals surface area contributed by atoms with E-state index in [0.29, 0.717) is 0 Å². The summed E-state index contributed by atoms with van der Waals surface area (Å²) < 4.78 is 1.67. The second-order valence-corrected chi connectivity index (χ2v) is 6.70. The van der Waals surface area contributed by atoms with Crippen LogP contribution in [0.3, 0.4) is 0 Å². The van der Waals surface area contributed by atoms with Gasteiger partial charge >= 0.3 is 0 Å². The molecule has 1 amide bonds. The number of amides is 1. The Kier molecular flexibility index (Phi) is 4.76. The number of nitrogens with zero attached hydrogens (tertiary/aromatic N) is 3. The summed E-state index contributed by atoms with van der Waals surface area (Å²) in [6.45, 7) is 3.97. The first-order valence-electron chi connectivity index (χ1n) is 9.11. The number of hydrogen-bond donors (Lipinski definition) is 2. The van der Waals surface area contributed by atoms with Crippen molar-refractivity contribution in [1.29, 1.82) is 0 Å². The lowest BCUT2D eigenvalue weighted by Crippen LogP contribution is -2.24. The van der Waals surface area contributed by atoms with Crippen molar-refractivity contribution >= 4 is 23.0 Å². The second-order valence-electron chi connectivity index (χ2n) is 6.70. The summed E-state index contributed by atoms with van der Waals surface area (Å²) in [4.78, 5) is 15.7. The number of hydrazone groups is 1. The van der Waals surface area contributed by atoms with E-state index < -0.39 is 0 Å². The lowest BCUT2D eigenvalue weighted by Gasteiger charge is -2.03. The highest BCUT2D eigenvalue weighted by Gasteiger charge is 2.11. The molecule has 2 aromatic carbocycles. The highest BCUT2D eigenvalue weighted by Crippen LogP contribution is 2.28. The number of nitrogens with one attached hydrogen (secondary N) is 2.